The first kappa shape index (κ1) is 32.2. The van der Waals surface area contributed by atoms with Gasteiger partial charge in [-0.25, -0.2) is 0 Å². The van der Waals surface area contributed by atoms with Crippen molar-refractivity contribution in [1.82, 2.24) is 0 Å². The molecule has 4 nitrogen and oxygen atoms in total. The van der Waals surface area contributed by atoms with E-state index in [-0.39, 0.29) is 28.1 Å². The molecule has 2 N–H and O–H groups in total. The van der Waals surface area contributed by atoms with Gasteiger partial charge in [-0.3, -0.25) is 9.59 Å². The predicted molar refractivity (Wildman–Crippen MR) is 151 cm³/mol. The van der Waals surface area contributed by atoms with E-state index >= 15 is 0 Å². The van der Waals surface area contributed by atoms with Crippen LogP contribution in [0, 0.1) is 0 Å². The van der Waals surface area contributed by atoms with E-state index in [1.807, 2.05) is 0 Å². The van der Waals surface area contributed by atoms with Gasteiger partial charge in [0, 0.05) is 36.8 Å². The first-order chi connectivity index (χ1) is 17.0. The Bertz CT molecular complexity index is 811. The molecule has 1 aromatic rings. The molecule has 1 aromatic carbocycles. The molecule has 0 aliphatic heterocycles. The Balaban J connectivity index is 2.80. The van der Waals surface area contributed by atoms with Crippen LogP contribution in [0.5, 0.6) is 11.5 Å². The fourth-order valence-corrected chi connectivity index (χ4v) is 5.13. The van der Waals surface area contributed by atoms with E-state index in [2.05, 4.69) is 41.5 Å². The number of benzene rings is 1. The molecule has 0 saturated heterocycles. The van der Waals surface area contributed by atoms with Crippen molar-refractivity contribution in [2.24, 2.45) is 0 Å². The number of carbonyl (C=O) groups is 2. The van der Waals surface area contributed by atoms with Crippen molar-refractivity contribution in [3.63, 3.8) is 0 Å². The normalized spacial score (nSPS) is 13.5. The average Bonchev–Trinajstić information content (AvgIpc) is 2.84. The molecule has 1 rings (SSSR count). The Morgan fingerprint density at radius 2 is 1.11 bits per heavy atom. The lowest BCUT2D eigenvalue weighted by molar-refractivity contribution is -0.120. The van der Waals surface area contributed by atoms with Crippen molar-refractivity contribution < 1.29 is 19.8 Å². The van der Waals surface area contributed by atoms with Gasteiger partial charge in [-0.1, -0.05) is 80.1 Å². The molecule has 36 heavy (non-hydrogen) atoms. The molecule has 0 bridgehead atoms. The summed E-state index contributed by atoms with van der Waals surface area (Å²) in [7, 11) is 0. The van der Waals surface area contributed by atoms with Crippen molar-refractivity contribution >= 4 is 11.6 Å². The maximum atomic E-state index is 12.4. The van der Waals surface area contributed by atoms with E-state index in [1.54, 1.807) is 12.1 Å². The maximum absolute atomic E-state index is 12.4. The average molecular weight is 503 g/mol. The van der Waals surface area contributed by atoms with E-state index in [0.717, 1.165) is 51.4 Å². The summed E-state index contributed by atoms with van der Waals surface area (Å²) in [5.74, 6) is 0.974. The molecule has 0 radical (unpaired) electrons. The number of carbonyl (C=O) groups excluding carboxylic acids is 2. The molecule has 0 aliphatic rings. The van der Waals surface area contributed by atoms with Crippen LogP contribution in [-0.4, -0.2) is 21.8 Å². The number of aromatic hydroxyl groups is 2. The zero-order valence-corrected chi connectivity index (χ0v) is 24.2. The van der Waals surface area contributed by atoms with Crippen LogP contribution in [0.3, 0.4) is 0 Å². The standard InChI is InChI=1S/C32H54O4/c1-7-10-12-14-17-25(33)19-16-21-31(4,5)27-23-30(36)28(24-29(27)35)32(6,9-3)22-20-26(34)18-15-13-11-8-2/h23-24,35-36H,7-22H2,1-6H3. The number of hydrogen-bond donors (Lipinski definition) is 2. The Kier molecular flexibility index (Phi) is 14.4. The maximum Gasteiger partial charge on any atom is 0.132 e. The monoisotopic (exact) mass is 502 g/mol. The molecule has 0 saturated carbocycles. The lowest BCUT2D eigenvalue weighted by Gasteiger charge is -2.32. The Hall–Kier alpha value is -1.84. The molecule has 4 heteroatoms. The van der Waals surface area contributed by atoms with Gasteiger partial charge in [0.05, 0.1) is 0 Å². The van der Waals surface area contributed by atoms with Gasteiger partial charge in [0.2, 0.25) is 0 Å². The summed E-state index contributed by atoms with van der Waals surface area (Å²) >= 11 is 0. The summed E-state index contributed by atoms with van der Waals surface area (Å²) < 4.78 is 0. The third-order valence-electron chi connectivity index (χ3n) is 8.11. The zero-order valence-electron chi connectivity index (χ0n) is 24.2. The van der Waals surface area contributed by atoms with Gasteiger partial charge in [0.1, 0.15) is 23.1 Å². The molecule has 1 unspecified atom stereocenters. The molecule has 206 valence electrons. The van der Waals surface area contributed by atoms with Gasteiger partial charge >= 0.3 is 0 Å². The van der Waals surface area contributed by atoms with Gasteiger partial charge < -0.3 is 10.2 Å². The summed E-state index contributed by atoms with van der Waals surface area (Å²) in [5.41, 5.74) is 0.681. The summed E-state index contributed by atoms with van der Waals surface area (Å²) in [6, 6.07) is 3.41. The van der Waals surface area contributed by atoms with Crippen LogP contribution in [0.25, 0.3) is 0 Å². The fourth-order valence-electron chi connectivity index (χ4n) is 5.13. The highest BCUT2D eigenvalue weighted by Gasteiger charge is 2.32. The van der Waals surface area contributed by atoms with Crippen LogP contribution < -0.4 is 0 Å². The first-order valence-corrected chi connectivity index (χ1v) is 14.6. The van der Waals surface area contributed by atoms with Gasteiger partial charge in [-0.15, -0.1) is 0 Å². The SMILES string of the molecule is CCCCCCC(=O)CCCC(C)(C)c1cc(O)c(C(C)(CC)CCC(=O)CCCCCC)cc1O. The number of phenolic OH excluding ortho intramolecular Hbond substituents is 2. The smallest absolute Gasteiger partial charge is 0.132 e. The first-order valence-electron chi connectivity index (χ1n) is 14.6. The minimum absolute atomic E-state index is 0.183. The van der Waals surface area contributed by atoms with Gasteiger partial charge in [-0.2, -0.15) is 0 Å². The van der Waals surface area contributed by atoms with E-state index in [4.69, 9.17) is 0 Å². The predicted octanol–water partition coefficient (Wildman–Crippen LogP) is 9.07. The fraction of sp³-hybridized carbons (Fsp3) is 0.750. The molecule has 0 fully saturated rings. The van der Waals surface area contributed by atoms with Crippen molar-refractivity contribution in [1.29, 1.82) is 0 Å². The molecule has 0 spiro atoms. The number of ketones is 2. The van der Waals surface area contributed by atoms with E-state index in [9.17, 15) is 19.8 Å². The highest BCUT2D eigenvalue weighted by Crippen LogP contribution is 2.44. The number of hydrogen-bond acceptors (Lipinski definition) is 4. The topological polar surface area (TPSA) is 74.6 Å². The third kappa shape index (κ3) is 10.6. The third-order valence-corrected chi connectivity index (χ3v) is 8.11. The minimum atomic E-state index is -0.381. The summed E-state index contributed by atoms with van der Waals surface area (Å²) in [5, 5.41) is 22.0. The highest BCUT2D eigenvalue weighted by molar-refractivity contribution is 5.78. The lowest BCUT2D eigenvalue weighted by Crippen LogP contribution is -2.24. The van der Waals surface area contributed by atoms with Gasteiger partial charge in [-0.05, 0) is 61.5 Å². The van der Waals surface area contributed by atoms with Crippen molar-refractivity contribution in [2.75, 3.05) is 0 Å². The largest absolute Gasteiger partial charge is 0.508 e. The summed E-state index contributed by atoms with van der Waals surface area (Å²) in [6.07, 6.45) is 14.2. The van der Waals surface area contributed by atoms with E-state index in [0.29, 0.717) is 49.0 Å². The zero-order chi connectivity index (χ0) is 27.2. The van der Waals surface area contributed by atoms with E-state index < -0.39 is 0 Å². The van der Waals surface area contributed by atoms with Crippen molar-refractivity contribution in [3.8, 4) is 11.5 Å². The lowest BCUT2D eigenvalue weighted by atomic mass is 9.73. The van der Waals surface area contributed by atoms with Gasteiger partial charge in [0.15, 0.2) is 0 Å². The number of rotatable bonds is 20. The Morgan fingerprint density at radius 1 is 0.639 bits per heavy atom. The van der Waals surface area contributed by atoms with Crippen molar-refractivity contribution in [2.45, 2.75) is 155 Å². The summed E-state index contributed by atoms with van der Waals surface area (Å²) in [4.78, 5) is 24.7. The molecular weight excluding hydrogens is 448 g/mol. The minimum Gasteiger partial charge on any atom is -0.508 e. The number of unbranched alkanes of at least 4 members (excludes halogenated alkanes) is 6. The molecular formula is C32H54O4. The van der Waals surface area contributed by atoms with Crippen LogP contribution in [0.15, 0.2) is 12.1 Å². The molecule has 0 amide bonds. The van der Waals surface area contributed by atoms with Crippen molar-refractivity contribution in [3.05, 3.63) is 23.3 Å². The second-order valence-electron chi connectivity index (χ2n) is 11.7. The second kappa shape index (κ2) is 16.1. The van der Waals surface area contributed by atoms with Crippen LogP contribution in [0.2, 0.25) is 0 Å². The quantitative estimate of drug-likeness (QED) is 0.138. The van der Waals surface area contributed by atoms with Crippen LogP contribution in [0.4, 0.5) is 0 Å². The Labute approximate surface area is 221 Å². The second-order valence-corrected chi connectivity index (χ2v) is 11.7. The van der Waals surface area contributed by atoms with Crippen LogP contribution >= 0.6 is 0 Å². The molecule has 0 aliphatic carbocycles. The van der Waals surface area contributed by atoms with Gasteiger partial charge in [0.25, 0.3) is 0 Å². The number of Topliss-reactive ketones (excluding diaryl/α,β-unsaturated/α-hetero) is 2. The summed E-state index contributed by atoms with van der Waals surface area (Å²) in [6.45, 7) is 12.6. The number of phenols is 2. The molecule has 0 heterocycles. The Morgan fingerprint density at radius 3 is 1.64 bits per heavy atom. The van der Waals surface area contributed by atoms with Crippen LogP contribution in [0.1, 0.15) is 155 Å². The van der Waals surface area contributed by atoms with Crippen LogP contribution in [-0.2, 0) is 20.4 Å². The molecule has 0 aromatic heterocycles. The highest BCUT2D eigenvalue weighted by atomic mass is 16.3. The van der Waals surface area contributed by atoms with E-state index in [1.165, 1.54) is 19.3 Å². The molecule has 1 atom stereocenters.